The van der Waals surface area contributed by atoms with Crippen molar-refractivity contribution in [2.75, 3.05) is 44.2 Å². The molecule has 0 amide bonds. The number of piperazine rings is 1. The second-order valence-corrected chi connectivity index (χ2v) is 6.92. The first-order chi connectivity index (χ1) is 13.0. The molecule has 1 aliphatic rings. The van der Waals surface area contributed by atoms with Crippen molar-refractivity contribution in [3.63, 3.8) is 0 Å². The minimum atomic E-state index is -0.627. The normalized spacial score (nSPS) is 16.1. The lowest BCUT2D eigenvalue weighted by molar-refractivity contribution is -0.384. The molecule has 7 nitrogen and oxygen atoms in total. The lowest BCUT2D eigenvalue weighted by Gasteiger charge is -2.36. The Balaban J connectivity index is 1.41. The summed E-state index contributed by atoms with van der Waals surface area (Å²) in [6.07, 6.45) is -0.627. The van der Waals surface area contributed by atoms with Gasteiger partial charge in [0.15, 0.2) is 0 Å². The van der Waals surface area contributed by atoms with Gasteiger partial charge in [-0.3, -0.25) is 15.0 Å². The van der Waals surface area contributed by atoms with Gasteiger partial charge >= 0.3 is 0 Å². The lowest BCUT2D eigenvalue weighted by atomic mass is 10.2. The number of anilines is 1. The van der Waals surface area contributed by atoms with Crippen LogP contribution in [0.3, 0.4) is 0 Å². The first-order valence-electron chi connectivity index (χ1n) is 8.79. The van der Waals surface area contributed by atoms with Crippen LogP contribution >= 0.6 is 11.6 Å². The molecule has 0 saturated carbocycles. The number of ether oxygens (including phenoxy) is 1. The summed E-state index contributed by atoms with van der Waals surface area (Å²) < 4.78 is 5.52. The van der Waals surface area contributed by atoms with Crippen LogP contribution in [0.25, 0.3) is 0 Å². The van der Waals surface area contributed by atoms with E-state index in [1.807, 2.05) is 18.2 Å². The Kier molecular flexibility index (Phi) is 6.49. The van der Waals surface area contributed by atoms with Crippen LogP contribution in [0.1, 0.15) is 0 Å². The van der Waals surface area contributed by atoms with Crippen molar-refractivity contribution >= 4 is 23.0 Å². The largest absolute Gasteiger partial charge is 0.491 e. The van der Waals surface area contributed by atoms with Crippen LogP contribution in [0.5, 0.6) is 5.75 Å². The maximum atomic E-state index is 10.6. The number of rotatable bonds is 7. The van der Waals surface area contributed by atoms with Crippen molar-refractivity contribution in [1.29, 1.82) is 0 Å². The van der Waals surface area contributed by atoms with Gasteiger partial charge in [0.05, 0.1) is 4.92 Å². The summed E-state index contributed by atoms with van der Waals surface area (Å²) in [4.78, 5) is 14.7. The van der Waals surface area contributed by atoms with Crippen LogP contribution in [0, 0.1) is 10.1 Å². The molecular formula is C19H22ClN3O4. The van der Waals surface area contributed by atoms with E-state index in [1.54, 1.807) is 0 Å². The number of hydrogen-bond donors (Lipinski definition) is 1. The van der Waals surface area contributed by atoms with Gasteiger partial charge < -0.3 is 14.7 Å². The molecule has 2 aromatic carbocycles. The van der Waals surface area contributed by atoms with Gasteiger partial charge in [-0.2, -0.15) is 0 Å². The molecule has 0 aromatic heterocycles. The van der Waals surface area contributed by atoms with Gasteiger partial charge in [0.25, 0.3) is 5.69 Å². The summed E-state index contributed by atoms with van der Waals surface area (Å²) in [6.45, 7) is 4.11. The molecule has 1 fully saturated rings. The van der Waals surface area contributed by atoms with Crippen LogP contribution in [0.15, 0.2) is 48.5 Å². The third-order valence-corrected chi connectivity index (χ3v) is 4.74. The number of non-ortho nitro benzene ring substituents is 1. The van der Waals surface area contributed by atoms with E-state index in [-0.39, 0.29) is 12.3 Å². The molecule has 0 unspecified atom stereocenters. The van der Waals surface area contributed by atoms with E-state index < -0.39 is 11.0 Å². The van der Waals surface area contributed by atoms with Crippen molar-refractivity contribution in [2.24, 2.45) is 0 Å². The van der Waals surface area contributed by atoms with Gasteiger partial charge in [0.2, 0.25) is 0 Å². The second-order valence-electron chi connectivity index (χ2n) is 6.48. The molecule has 1 heterocycles. The van der Waals surface area contributed by atoms with Crippen molar-refractivity contribution in [3.05, 3.63) is 63.7 Å². The Morgan fingerprint density at radius 2 is 1.85 bits per heavy atom. The summed E-state index contributed by atoms with van der Waals surface area (Å²) in [5, 5.41) is 21.6. The fourth-order valence-corrected chi connectivity index (χ4v) is 3.25. The standard InChI is InChI=1S/C19H22ClN3O4/c20-15-2-1-3-17(12-15)22-10-8-21(9-11-22)13-18(24)14-27-19-6-4-16(5-7-19)23(25)26/h1-7,12,18,24H,8-11,13-14H2/t18-/m1/s1. The van der Waals surface area contributed by atoms with Crippen LogP contribution < -0.4 is 9.64 Å². The highest BCUT2D eigenvalue weighted by molar-refractivity contribution is 6.30. The summed E-state index contributed by atoms with van der Waals surface area (Å²) >= 11 is 6.05. The zero-order valence-electron chi connectivity index (χ0n) is 14.8. The van der Waals surface area contributed by atoms with Gasteiger partial charge in [-0.1, -0.05) is 17.7 Å². The number of aliphatic hydroxyl groups excluding tert-OH is 1. The number of β-amino-alcohol motifs (C(OH)–C–C–N with tert-alkyl or cyclic N) is 1. The molecule has 0 aliphatic carbocycles. The average Bonchev–Trinajstić information content (AvgIpc) is 2.67. The van der Waals surface area contributed by atoms with E-state index in [4.69, 9.17) is 16.3 Å². The number of hydrogen-bond acceptors (Lipinski definition) is 6. The van der Waals surface area contributed by atoms with Crippen LogP contribution in [-0.2, 0) is 0 Å². The van der Waals surface area contributed by atoms with E-state index in [0.29, 0.717) is 12.3 Å². The molecule has 3 rings (SSSR count). The van der Waals surface area contributed by atoms with Gasteiger partial charge in [-0.25, -0.2) is 0 Å². The molecule has 27 heavy (non-hydrogen) atoms. The minimum absolute atomic E-state index is 0.0143. The molecular weight excluding hydrogens is 370 g/mol. The Morgan fingerprint density at radius 3 is 2.48 bits per heavy atom. The second kappa shape index (κ2) is 9.03. The topological polar surface area (TPSA) is 79.1 Å². The maximum absolute atomic E-state index is 10.6. The number of nitro benzene ring substituents is 1. The van der Waals surface area contributed by atoms with Crippen molar-refractivity contribution in [1.82, 2.24) is 4.90 Å². The number of halogens is 1. The van der Waals surface area contributed by atoms with Crippen molar-refractivity contribution in [3.8, 4) is 5.75 Å². The molecule has 1 atom stereocenters. The highest BCUT2D eigenvalue weighted by Gasteiger charge is 2.20. The van der Waals surface area contributed by atoms with E-state index in [9.17, 15) is 15.2 Å². The van der Waals surface area contributed by atoms with E-state index in [1.165, 1.54) is 24.3 Å². The minimum Gasteiger partial charge on any atom is -0.491 e. The molecule has 1 saturated heterocycles. The van der Waals surface area contributed by atoms with Gasteiger partial charge in [0, 0.05) is 55.6 Å². The van der Waals surface area contributed by atoms with Crippen LogP contribution in [0.2, 0.25) is 5.02 Å². The number of nitrogens with zero attached hydrogens (tertiary/aromatic N) is 3. The average molecular weight is 392 g/mol. The van der Waals surface area contributed by atoms with Gasteiger partial charge in [-0.05, 0) is 30.3 Å². The van der Waals surface area contributed by atoms with Crippen molar-refractivity contribution < 1.29 is 14.8 Å². The van der Waals surface area contributed by atoms with Gasteiger partial charge in [0.1, 0.15) is 18.5 Å². The molecule has 0 bridgehead atoms. The smallest absolute Gasteiger partial charge is 0.269 e. The predicted octanol–water partition coefficient (Wildman–Crippen LogP) is 2.81. The van der Waals surface area contributed by atoms with Crippen LogP contribution in [-0.4, -0.2) is 60.4 Å². The van der Waals surface area contributed by atoms with E-state index in [2.05, 4.69) is 15.9 Å². The molecule has 1 aliphatic heterocycles. The first-order valence-corrected chi connectivity index (χ1v) is 9.17. The van der Waals surface area contributed by atoms with E-state index in [0.717, 1.165) is 36.9 Å². The number of nitro groups is 1. The molecule has 0 spiro atoms. The predicted molar refractivity (Wildman–Crippen MR) is 105 cm³/mol. The Morgan fingerprint density at radius 1 is 1.15 bits per heavy atom. The highest BCUT2D eigenvalue weighted by Crippen LogP contribution is 2.21. The fraction of sp³-hybridized carbons (Fsp3) is 0.368. The Labute approximate surface area is 162 Å². The van der Waals surface area contributed by atoms with Gasteiger partial charge in [-0.15, -0.1) is 0 Å². The molecule has 2 aromatic rings. The SMILES string of the molecule is O=[N+]([O-])c1ccc(OC[C@H](O)CN2CCN(c3cccc(Cl)c3)CC2)cc1. The quantitative estimate of drug-likeness (QED) is 0.577. The highest BCUT2D eigenvalue weighted by atomic mass is 35.5. The Bertz CT molecular complexity index is 764. The Hall–Kier alpha value is -2.35. The summed E-state index contributed by atoms with van der Waals surface area (Å²) in [6, 6.07) is 13.7. The summed E-state index contributed by atoms with van der Waals surface area (Å²) in [7, 11) is 0. The van der Waals surface area contributed by atoms with Crippen LogP contribution in [0.4, 0.5) is 11.4 Å². The fourth-order valence-electron chi connectivity index (χ4n) is 3.07. The third kappa shape index (κ3) is 5.56. The third-order valence-electron chi connectivity index (χ3n) is 4.50. The monoisotopic (exact) mass is 391 g/mol. The number of aliphatic hydroxyl groups is 1. The summed E-state index contributed by atoms with van der Waals surface area (Å²) in [5.41, 5.74) is 1.13. The first kappa shape index (κ1) is 19.4. The van der Waals surface area contributed by atoms with Crippen molar-refractivity contribution in [2.45, 2.75) is 6.10 Å². The lowest BCUT2D eigenvalue weighted by Crippen LogP contribution is -2.49. The zero-order valence-corrected chi connectivity index (χ0v) is 15.6. The maximum Gasteiger partial charge on any atom is 0.269 e. The molecule has 144 valence electrons. The van der Waals surface area contributed by atoms with E-state index >= 15 is 0 Å². The summed E-state index contributed by atoms with van der Waals surface area (Å²) in [5.74, 6) is 0.505. The zero-order chi connectivity index (χ0) is 19.2. The molecule has 8 heteroatoms. The molecule has 1 N–H and O–H groups in total. The molecule has 0 radical (unpaired) electrons. The number of benzene rings is 2.